The summed E-state index contributed by atoms with van der Waals surface area (Å²) in [4.78, 5) is 11.9. The van der Waals surface area contributed by atoms with E-state index in [4.69, 9.17) is 5.73 Å². The van der Waals surface area contributed by atoms with Crippen molar-refractivity contribution in [1.29, 1.82) is 0 Å². The van der Waals surface area contributed by atoms with Crippen LogP contribution in [0, 0.1) is 19.8 Å². The Kier molecular flexibility index (Phi) is 2.86. The Labute approximate surface area is 96.0 Å². The van der Waals surface area contributed by atoms with E-state index in [9.17, 15) is 4.79 Å². The number of nitrogens with one attached hydrogen (secondary N) is 1. The molecule has 86 valence electrons. The third kappa shape index (κ3) is 2.35. The van der Waals surface area contributed by atoms with Crippen molar-refractivity contribution in [3.8, 4) is 0 Å². The summed E-state index contributed by atoms with van der Waals surface area (Å²) in [5.74, 6) is 0.697. The highest BCUT2D eigenvalue weighted by atomic mass is 16.1. The minimum atomic E-state index is -0.00361. The molecule has 1 aliphatic carbocycles. The minimum absolute atomic E-state index is 0.00361. The second-order valence-electron chi connectivity index (χ2n) is 4.68. The fourth-order valence-electron chi connectivity index (χ4n) is 1.77. The van der Waals surface area contributed by atoms with Gasteiger partial charge in [-0.25, -0.2) is 0 Å². The molecule has 1 amide bonds. The second kappa shape index (κ2) is 4.16. The molecule has 1 aromatic carbocycles. The number of aryl methyl sites for hydroxylation is 2. The lowest BCUT2D eigenvalue weighted by atomic mass is 10.0. The molecule has 0 radical (unpaired) electrons. The molecule has 1 aliphatic rings. The molecular formula is C13H18N2O. The predicted octanol–water partition coefficient (Wildman–Crippen LogP) is 2.03. The van der Waals surface area contributed by atoms with Crippen LogP contribution in [0.15, 0.2) is 12.1 Å². The van der Waals surface area contributed by atoms with Crippen molar-refractivity contribution >= 4 is 11.6 Å². The van der Waals surface area contributed by atoms with Gasteiger partial charge in [-0.15, -0.1) is 0 Å². The third-order valence-corrected chi connectivity index (χ3v) is 3.11. The summed E-state index contributed by atoms with van der Waals surface area (Å²) in [6, 6.07) is 3.73. The molecule has 0 saturated heterocycles. The summed E-state index contributed by atoms with van der Waals surface area (Å²) >= 11 is 0. The number of nitrogens with two attached hydrogens (primary N) is 1. The van der Waals surface area contributed by atoms with Gasteiger partial charge in [-0.2, -0.15) is 0 Å². The first kappa shape index (κ1) is 11.0. The number of amides is 1. The van der Waals surface area contributed by atoms with Crippen molar-refractivity contribution in [2.75, 3.05) is 12.3 Å². The molecule has 0 spiro atoms. The molecule has 0 heterocycles. The maximum Gasteiger partial charge on any atom is 0.251 e. The van der Waals surface area contributed by atoms with E-state index >= 15 is 0 Å². The fraction of sp³-hybridized carbons (Fsp3) is 0.462. The average Bonchev–Trinajstić information content (AvgIpc) is 3.03. The number of carbonyl (C=O) groups is 1. The van der Waals surface area contributed by atoms with Crippen molar-refractivity contribution in [3.05, 3.63) is 28.8 Å². The van der Waals surface area contributed by atoms with Gasteiger partial charge in [0, 0.05) is 17.8 Å². The number of hydrogen-bond acceptors (Lipinski definition) is 2. The maximum atomic E-state index is 11.9. The topological polar surface area (TPSA) is 55.1 Å². The van der Waals surface area contributed by atoms with Crippen LogP contribution < -0.4 is 11.1 Å². The van der Waals surface area contributed by atoms with Gasteiger partial charge in [-0.1, -0.05) is 6.07 Å². The standard InChI is InChI=1S/C13H18N2O/c1-8-5-9(2)12(14)6-11(8)13(16)15-7-10-3-4-10/h5-6,10H,3-4,7,14H2,1-2H3,(H,15,16). The van der Waals surface area contributed by atoms with Crippen LogP contribution in [0.5, 0.6) is 0 Å². The lowest BCUT2D eigenvalue weighted by Crippen LogP contribution is -2.26. The van der Waals surface area contributed by atoms with Gasteiger partial charge in [0.2, 0.25) is 0 Å². The largest absolute Gasteiger partial charge is 0.398 e. The van der Waals surface area contributed by atoms with Gasteiger partial charge < -0.3 is 11.1 Å². The molecule has 3 heteroatoms. The first-order chi connectivity index (χ1) is 7.58. The maximum absolute atomic E-state index is 11.9. The molecule has 0 bridgehead atoms. The Morgan fingerprint density at radius 2 is 2.06 bits per heavy atom. The monoisotopic (exact) mass is 218 g/mol. The Balaban J connectivity index is 2.11. The van der Waals surface area contributed by atoms with E-state index in [0.29, 0.717) is 17.2 Å². The summed E-state index contributed by atoms with van der Waals surface area (Å²) in [6.45, 7) is 4.69. The van der Waals surface area contributed by atoms with Crippen LogP contribution in [0.3, 0.4) is 0 Å². The summed E-state index contributed by atoms with van der Waals surface area (Å²) < 4.78 is 0. The van der Waals surface area contributed by atoms with Gasteiger partial charge in [0.05, 0.1) is 0 Å². The van der Waals surface area contributed by atoms with Gasteiger partial charge in [-0.3, -0.25) is 4.79 Å². The van der Waals surface area contributed by atoms with E-state index in [0.717, 1.165) is 17.7 Å². The molecule has 0 atom stereocenters. The van der Waals surface area contributed by atoms with E-state index in [1.165, 1.54) is 12.8 Å². The van der Waals surface area contributed by atoms with Crippen LogP contribution in [0.4, 0.5) is 5.69 Å². The summed E-state index contributed by atoms with van der Waals surface area (Å²) in [5.41, 5.74) is 9.21. The van der Waals surface area contributed by atoms with Crippen LogP contribution in [0.25, 0.3) is 0 Å². The van der Waals surface area contributed by atoms with Crippen LogP contribution in [0.1, 0.15) is 34.3 Å². The highest BCUT2D eigenvalue weighted by molar-refractivity contribution is 5.96. The molecule has 16 heavy (non-hydrogen) atoms. The highest BCUT2D eigenvalue weighted by Gasteiger charge is 2.22. The van der Waals surface area contributed by atoms with Gasteiger partial charge >= 0.3 is 0 Å². The van der Waals surface area contributed by atoms with Crippen molar-refractivity contribution in [2.45, 2.75) is 26.7 Å². The van der Waals surface area contributed by atoms with Crippen molar-refractivity contribution in [3.63, 3.8) is 0 Å². The van der Waals surface area contributed by atoms with Gasteiger partial charge in [-0.05, 0) is 49.8 Å². The normalized spacial score (nSPS) is 14.9. The quantitative estimate of drug-likeness (QED) is 0.763. The number of nitrogen functional groups attached to an aromatic ring is 1. The smallest absolute Gasteiger partial charge is 0.251 e. The SMILES string of the molecule is Cc1cc(C)c(C(=O)NCC2CC2)cc1N. The van der Waals surface area contributed by atoms with E-state index in [2.05, 4.69) is 5.32 Å². The first-order valence-corrected chi connectivity index (χ1v) is 5.73. The van der Waals surface area contributed by atoms with Crippen LogP contribution in [-0.4, -0.2) is 12.5 Å². The zero-order valence-corrected chi connectivity index (χ0v) is 9.84. The lowest BCUT2D eigenvalue weighted by molar-refractivity contribution is 0.0951. The van der Waals surface area contributed by atoms with Crippen molar-refractivity contribution < 1.29 is 4.79 Å². The third-order valence-electron chi connectivity index (χ3n) is 3.11. The zero-order valence-electron chi connectivity index (χ0n) is 9.84. The van der Waals surface area contributed by atoms with Crippen molar-refractivity contribution in [1.82, 2.24) is 5.32 Å². The Morgan fingerprint density at radius 3 is 2.69 bits per heavy atom. The van der Waals surface area contributed by atoms with E-state index < -0.39 is 0 Å². The number of rotatable bonds is 3. The molecule has 2 rings (SSSR count). The fourth-order valence-corrected chi connectivity index (χ4v) is 1.77. The predicted molar refractivity (Wildman–Crippen MR) is 65.4 cm³/mol. The lowest BCUT2D eigenvalue weighted by Gasteiger charge is -2.09. The van der Waals surface area contributed by atoms with Crippen LogP contribution in [-0.2, 0) is 0 Å². The summed E-state index contributed by atoms with van der Waals surface area (Å²) in [5, 5.41) is 2.95. The van der Waals surface area contributed by atoms with E-state index in [1.54, 1.807) is 6.07 Å². The minimum Gasteiger partial charge on any atom is -0.398 e. The van der Waals surface area contributed by atoms with Crippen LogP contribution >= 0.6 is 0 Å². The second-order valence-corrected chi connectivity index (χ2v) is 4.68. The number of hydrogen-bond donors (Lipinski definition) is 2. The summed E-state index contributed by atoms with van der Waals surface area (Å²) in [7, 11) is 0. The summed E-state index contributed by atoms with van der Waals surface area (Å²) in [6.07, 6.45) is 2.49. The van der Waals surface area contributed by atoms with E-state index in [-0.39, 0.29) is 5.91 Å². The van der Waals surface area contributed by atoms with Crippen molar-refractivity contribution in [2.24, 2.45) is 5.92 Å². The number of anilines is 1. The number of carbonyl (C=O) groups excluding carboxylic acids is 1. The molecule has 0 aromatic heterocycles. The molecule has 1 saturated carbocycles. The van der Waals surface area contributed by atoms with Gasteiger partial charge in [0.25, 0.3) is 5.91 Å². The Morgan fingerprint density at radius 1 is 1.38 bits per heavy atom. The zero-order chi connectivity index (χ0) is 11.7. The molecule has 1 aromatic rings. The molecule has 1 fully saturated rings. The Hall–Kier alpha value is -1.51. The molecule has 3 N–H and O–H groups in total. The van der Waals surface area contributed by atoms with Gasteiger partial charge in [0.1, 0.15) is 0 Å². The van der Waals surface area contributed by atoms with Crippen LogP contribution in [0.2, 0.25) is 0 Å². The molecule has 0 unspecified atom stereocenters. The molecule has 3 nitrogen and oxygen atoms in total. The average molecular weight is 218 g/mol. The van der Waals surface area contributed by atoms with Gasteiger partial charge in [0.15, 0.2) is 0 Å². The molecular weight excluding hydrogens is 200 g/mol. The highest BCUT2D eigenvalue weighted by Crippen LogP contribution is 2.27. The Bertz CT molecular complexity index is 422. The molecule has 0 aliphatic heterocycles. The van der Waals surface area contributed by atoms with E-state index in [1.807, 2.05) is 19.9 Å². The first-order valence-electron chi connectivity index (χ1n) is 5.73. The number of benzene rings is 1.